The Balaban J connectivity index is 2.08. The van der Waals surface area contributed by atoms with E-state index in [0.717, 1.165) is 17.7 Å². The second-order valence-corrected chi connectivity index (χ2v) is 5.24. The van der Waals surface area contributed by atoms with Gasteiger partial charge < -0.3 is 10.5 Å². The molecule has 4 nitrogen and oxygen atoms in total. The van der Waals surface area contributed by atoms with Crippen molar-refractivity contribution in [3.8, 4) is 0 Å². The van der Waals surface area contributed by atoms with Gasteiger partial charge in [0, 0.05) is 25.8 Å². The van der Waals surface area contributed by atoms with E-state index in [0.29, 0.717) is 11.1 Å². The van der Waals surface area contributed by atoms with Crippen LogP contribution < -0.4 is 5.73 Å². The first kappa shape index (κ1) is 12.9. The summed E-state index contributed by atoms with van der Waals surface area (Å²) >= 11 is 6.21. The highest BCUT2D eigenvalue weighted by Gasteiger charge is 2.35. The van der Waals surface area contributed by atoms with Crippen LogP contribution in [0.15, 0.2) is 0 Å². The lowest BCUT2D eigenvalue weighted by Gasteiger charge is -2.22. The molecule has 2 unspecified atom stereocenters. The quantitative estimate of drug-likeness (QED) is 0.873. The number of hydrogen-bond donors (Lipinski definition) is 1. The van der Waals surface area contributed by atoms with E-state index in [4.69, 9.17) is 22.1 Å². The molecule has 1 aromatic heterocycles. The predicted octanol–water partition coefficient (Wildman–Crippen LogP) is 1.68. The minimum absolute atomic E-state index is 0.00657. The molecule has 1 aliphatic carbocycles. The van der Waals surface area contributed by atoms with Gasteiger partial charge in [-0.15, -0.1) is 0 Å². The summed E-state index contributed by atoms with van der Waals surface area (Å²) in [5, 5.41) is 4.98. The molecular weight excluding hydrogens is 238 g/mol. The van der Waals surface area contributed by atoms with Gasteiger partial charge >= 0.3 is 0 Å². The molecule has 0 bridgehead atoms. The van der Waals surface area contributed by atoms with Crippen molar-refractivity contribution in [1.29, 1.82) is 0 Å². The number of nitrogens with two attached hydrogens (primary N) is 1. The van der Waals surface area contributed by atoms with Crippen LogP contribution in [0.25, 0.3) is 0 Å². The lowest BCUT2D eigenvalue weighted by Crippen LogP contribution is -2.39. The van der Waals surface area contributed by atoms with Gasteiger partial charge in [0.2, 0.25) is 0 Å². The molecule has 0 aliphatic heterocycles. The van der Waals surface area contributed by atoms with Crippen molar-refractivity contribution in [1.82, 2.24) is 9.78 Å². The fourth-order valence-corrected chi connectivity index (χ4v) is 2.65. The Morgan fingerprint density at radius 2 is 2.24 bits per heavy atom. The smallest absolute Gasteiger partial charge is 0.130 e. The van der Waals surface area contributed by atoms with Gasteiger partial charge in [0.15, 0.2) is 0 Å². The van der Waals surface area contributed by atoms with Crippen LogP contribution in [0.1, 0.15) is 24.1 Å². The van der Waals surface area contributed by atoms with Crippen LogP contribution in [0, 0.1) is 12.8 Å². The minimum Gasteiger partial charge on any atom is -0.380 e. The maximum atomic E-state index is 6.23. The molecule has 1 aromatic rings. The zero-order valence-corrected chi connectivity index (χ0v) is 11.4. The molecular formula is C12H20ClN3O. The first-order chi connectivity index (χ1) is 8.04. The Morgan fingerprint density at radius 3 is 2.65 bits per heavy atom. The monoisotopic (exact) mass is 257 g/mol. The second-order valence-electron chi connectivity index (χ2n) is 4.88. The van der Waals surface area contributed by atoms with Gasteiger partial charge in [0.05, 0.1) is 11.8 Å². The molecule has 17 heavy (non-hydrogen) atoms. The number of hydrogen-bond acceptors (Lipinski definition) is 3. The molecule has 2 atom stereocenters. The fraction of sp³-hybridized carbons (Fsp3) is 0.750. The molecule has 0 aromatic carbocycles. The molecule has 96 valence electrons. The van der Waals surface area contributed by atoms with Crippen LogP contribution in [0.3, 0.4) is 0 Å². The summed E-state index contributed by atoms with van der Waals surface area (Å²) in [6.07, 6.45) is 3.33. The second kappa shape index (κ2) is 4.96. The van der Waals surface area contributed by atoms with E-state index in [1.54, 1.807) is 11.8 Å². The third-order valence-electron chi connectivity index (χ3n) is 3.49. The summed E-state index contributed by atoms with van der Waals surface area (Å²) in [7, 11) is 3.58. The molecule has 1 saturated carbocycles. The van der Waals surface area contributed by atoms with Gasteiger partial charge in [0.25, 0.3) is 0 Å². The Kier molecular flexibility index (Phi) is 3.76. The molecule has 0 radical (unpaired) electrons. The molecule has 0 amide bonds. The number of aryl methyl sites for hydroxylation is 2. The van der Waals surface area contributed by atoms with E-state index in [1.807, 2.05) is 14.0 Å². The Morgan fingerprint density at radius 1 is 1.59 bits per heavy atom. The van der Waals surface area contributed by atoms with E-state index in [-0.39, 0.29) is 12.1 Å². The van der Waals surface area contributed by atoms with Crippen molar-refractivity contribution >= 4 is 11.6 Å². The molecule has 2 N–H and O–H groups in total. The average molecular weight is 258 g/mol. The fourth-order valence-electron chi connectivity index (χ4n) is 2.40. The molecule has 1 heterocycles. The van der Waals surface area contributed by atoms with E-state index in [1.165, 1.54) is 12.8 Å². The van der Waals surface area contributed by atoms with Gasteiger partial charge in [-0.2, -0.15) is 5.10 Å². The number of nitrogens with zero attached hydrogens (tertiary/aromatic N) is 2. The number of rotatable bonds is 5. The summed E-state index contributed by atoms with van der Waals surface area (Å²) in [4.78, 5) is 0. The van der Waals surface area contributed by atoms with Crippen molar-refractivity contribution in [2.75, 3.05) is 7.11 Å². The largest absolute Gasteiger partial charge is 0.380 e. The van der Waals surface area contributed by atoms with Gasteiger partial charge in [-0.3, -0.25) is 4.68 Å². The van der Waals surface area contributed by atoms with Crippen LogP contribution in [0.4, 0.5) is 0 Å². The standard InChI is InChI=1S/C12H20ClN3O/c1-7-9(12(13)16(2)15-7)6-10(14)11(17-3)8-4-5-8/h8,10-11H,4-6,14H2,1-3H3. The average Bonchev–Trinajstić information content (AvgIpc) is 3.06. The molecule has 2 rings (SSSR count). The molecule has 0 spiro atoms. The van der Waals surface area contributed by atoms with E-state index in [2.05, 4.69) is 5.10 Å². The van der Waals surface area contributed by atoms with Gasteiger partial charge in [-0.1, -0.05) is 11.6 Å². The molecule has 1 fully saturated rings. The Hall–Kier alpha value is -0.580. The molecule has 5 heteroatoms. The van der Waals surface area contributed by atoms with Crippen molar-refractivity contribution in [3.63, 3.8) is 0 Å². The molecule has 0 saturated heterocycles. The Bertz CT molecular complexity index is 401. The number of halogens is 1. The van der Waals surface area contributed by atoms with Crippen LogP contribution in [0.5, 0.6) is 0 Å². The first-order valence-corrected chi connectivity index (χ1v) is 6.38. The summed E-state index contributed by atoms with van der Waals surface area (Å²) in [5.74, 6) is 0.630. The van der Waals surface area contributed by atoms with Crippen molar-refractivity contribution in [2.24, 2.45) is 18.7 Å². The van der Waals surface area contributed by atoms with Crippen molar-refractivity contribution in [2.45, 2.75) is 38.3 Å². The summed E-state index contributed by atoms with van der Waals surface area (Å²) in [6, 6.07) is -0.00657. The number of ether oxygens (including phenoxy) is 1. The number of aromatic nitrogens is 2. The summed E-state index contributed by atoms with van der Waals surface area (Å²) < 4.78 is 7.19. The minimum atomic E-state index is -0.00657. The Labute approximate surface area is 107 Å². The van der Waals surface area contributed by atoms with Gasteiger partial charge in [0.1, 0.15) is 5.15 Å². The lowest BCUT2D eigenvalue weighted by atomic mass is 9.99. The first-order valence-electron chi connectivity index (χ1n) is 6.01. The van der Waals surface area contributed by atoms with Crippen LogP contribution in [-0.2, 0) is 18.2 Å². The van der Waals surface area contributed by atoms with Crippen LogP contribution in [0.2, 0.25) is 5.15 Å². The SMILES string of the molecule is COC(C(N)Cc1c(C)nn(C)c1Cl)C1CC1. The van der Waals surface area contributed by atoms with Crippen LogP contribution >= 0.6 is 11.6 Å². The van der Waals surface area contributed by atoms with E-state index in [9.17, 15) is 0 Å². The third kappa shape index (κ3) is 2.64. The zero-order valence-electron chi connectivity index (χ0n) is 10.6. The van der Waals surface area contributed by atoms with Crippen molar-refractivity contribution < 1.29 is 4.74 Å². The summed E-state index contributed by atoms with van der Waals surface area (Å²) in [6.45, 7) is 1.97. The maximum Gasteiger partial charge on any atom is 0.130 e. The summed E-state index contributed by atoms with van der Waals surface area (Å²) in [5.41, 5.74) is 8.23. The molecule has 1 aliphatic rings. The van der Waals surface area contributed by atoms with E-state index >= 15 is 0 Å². The number of methoxy groups -OCH3 is 1. The highest BCUT2D eigenvalue weighted by molar-refractivity contribution is 6.30. The normalized spacial score (nSPS) is 19.4. The van der Waals surface area contributed by atoms with Gasteiger partial charge in [-0.25, -0.2) is 0 Å². The van der Waals surface area contributed by atoms with Crippen LogP contribution in [-0.4, -0.2) is 29.0 Å². The van der Waals surface area contributed by atoms with Crippen molar-refractivity contribution in [3.05, 3.63) is 16.4 Å². The highest BCUT2D eigenvalue weighted by Crippen LogP contribution is 2.36. The van der Waals surface area contributed by atoms with E-state index < -0.39 is 0 Å². The van der Waals surface area contributed by atoms with Gasteiger partial charge in [-0.05, 0) is 32.1 Å². The maximum absolute atomic E-state index is 6.23. The third-order valence-corrected chi connectivity index (χ3v) is 3.96. The lowest BCUT2D eigenvalue weighted by molar-refractivity contribution is 0.0626. The zero-order chi connectivity index (χ0) is 12.6. The predicted molar refractivity (Wildman–Crippen MR) is 68.2 cm³/mol. The highest BCUT2D eigenvalue weighted by atomic mass is 35.5. The topological polar surface area (TPSA) is 53.1 Å².